The number of hydrogen-bond donors (Lipinski definition) is 1. The van der Waals surface area contributed by atoms with Crippen molar-refractivity contribution < 1.29 is 9.53 Å². The molecule has 8 nitrogen and oxygen atoms in total. The van der Waals surface area contributed by atoms with Gasteiger partial charge in [-0.3, -0.25) is 4.79 Å². The lowest BCUT2D eigenvalue weighted by Gasteiger charge is -2.21. The van der Waals surface area contributed by atoms with E-state index in [1.807, 2.05) is 15.3 Å². The van der Waals surface area contributed by atoms with Crippen LogP contribution in [0.4, 0.5) is 0 Å². The molecule has 1 fully saturated rings. The number of carbonyl (C=O) groups excluding carboxylic acids is 1. The second-order valence-corrected chi connectivity index (χ2v) is 5.53. The molecule has 2 aromatic rings. The van der Waals surface area contributed by atoms with Crippen molar-refractivity contribution in [1.29, 1.82) is 0 Å². The molecule has 1 amide bonds. The molecule has 0 radical (unpaired) electrons. The third kappa shape index (κ3) is 2.21. The lowest BCUT2D eigenvalue weighted by Crippen LogP contribution is -2.43. The number of fused-ring (bicyclic) bond motifs is 1. The Balaban J connectivity index is 1.41. The summed E-state index contributed by atoms with van der Waals surface area (Å²) in [7, 11) is 0. The first kappa shape index (κ1) is 12.5. The fourth-order valence-corrected chi connectivity index (χ4v) is 3.03. The number of rotatable bonds is 3. The van der Waals surface area contributed by atoms with Crippen molar-refractivity contribution in [3.05, 3.63) is 30.9 Å². The van der Waals surface area contributed by atoms with Gasteiger partial charge in [-0.05, 0) is 0 Å². The van der Waals surface area contributed by atoms with E-state index in [-0.39, 0.29) is 23.9 Å². The molecule has 4 heterocycles. The van der Waals surface area contributed by atoms with Crippen LogP contribution < -0.4 is 5.32 Å². The van der Waals surface area contributed by atoms with Crippen LogP contribution in [0.5, 0.6) is 0 Å². The number of nitrogens with zero attached hydrogens (tertiary/aromatic N) is 5. The van der Waals surface area contributed by atoms with Crippen molar-refractivity contribution in [3.63, 3.8) is 0 Å². The van der Waals surface area contributed by atoms with Gasteiger partial charge in [-0.2, -0.15) is 0 Å². The fraction of sp³-hybridized carbons (Fsp3) is 0.538. The van der Waals surface area contributed by atoms with Gasteiger partial charge < -0.3 is 19.2 Å². The van der Waals surface area contributed by atoms with Crippen molar-refractivity contribution in [2.24, 2.45) is 5.92 Å². The van der Waals surface area contributed by atoms with Crippen molar-refractivity contribution in [2.75, 3.05) is 13.2 Å². The predicted octanol–water partition coefficient (Wildman–Crippen LogP) is -0.597. The smallest absolute Gasteiger partial charge is 0.225 e. The molecule has 0 saturated carbocycles. The van der Waals surface area contributed by atoms with Crippen LogP contribution in [0.15, 0.2) is 25.0 Å². The molecule has 0 spiro atoms. The molecular weight excluding hydrogens is 272 g/mol. The predicted molar refractivity (Wildman–Crippen MR) is 71.2 cm³/mol. The topological polar surface area (TPSA) is 86.9 Å². The average Bonchev–Trinajstić information content (AvgIpc) is 3.22. The Morgan fingerprint density at radius 2 is 2.33 bits per heavy atom. The van der Waals surface area contributed by atoms with Crippen LogP contribution in [0.1, 0.15) is 11.9 Å². The number of aromatic nitrogens is 5. The second kappa shape index (κ2) is 4.96. The van der Waals surface area contributed by atoms with Crippen LogP contribution >= 0.6 is 0 Å². The highest BCUT2D eigenvalue weighted by Crippen LogP contribution is 2.22. The van der Waals surface area contributed by atoms with Gasteiger partial charge in [0.25, 0.3) is 0 Å². The lowest BCUT2D eigenvalue weighted by molar-refractivity contribution is -0.125. The molecule has 110 valence electrons. The maximum absolute atomic E-state index is 12.4. The molecule has 8 heteroatoms. The summed E-state index contributed by atoms with van der Waals surface area (Å²) >= 11 is 0. The summed E-state index contributed by atoms with van der Waals surface area (Å²) in [6, 6.07) is 0.0920. The molecule has 21 heavy (non-hydrogen) atoms. The van der Waals surface area contributed by atoms with Gasteiger partial charge in [0.1, 0.15) is 12.2 Å². The molecule has 1 saturated heterocycles. The van der Waals surface area contributed by atoms with Gasteiger partial charge in [0.15, 0.2) is 0 Å². The van der Waals surface area contributed by atoms with E-state index in [1.165, 1.54) is 0 Å². The Hall–Kier alpha value is -2.22. The minimum atomic E-state index is -0.0699. The number of hydrogen-bond acceptors (Lipinski definition) is 5. The summed E-state index contributed by atoms with van der Waals surface area (Å²) in [6.45, 7) is 1.78. The Morgan fingerprint density at radius 3 is 3.14 bits per heavy atom. The van der Waals surface area contributed by atoms with Gasteiger partial charge >= 0.3 is 0 Å². The molecule has 2 aliphatic rings. The molecular formula is C13H16N6O2. The maximum atomic E-state index is 12.4. The zero-order valence-corrected chi connectivity index (χ0v) is 11.4. The monoisotopic (exact) mass is 288 g/mol. The Morgan fingerprint density at radius 1 is 1.38 bits per heavy atom. The van der Waals surface area contributed by atoms with E-state index in [4.69, 9.17) is 4.74 Å². The molecule has 1 unspecified atom stereocenters. The highest BCUT2D eigenvalue weighted by atomic mass is 16.5. The lowest BCUT2D eigenvalue weighted by atomic mass is 10.1. The molecule has 0 aliphatic carbocycles. The Kier molecular flexibility index (Phi) is 2.95. The quantitative estimate of drug-likeness (QED) is 0.815. The van der Waals surface area contributed by atoms with Crippen molar-refractivity contribution >= 4 is 5.91 Å². The molecule has 2 aromatic heterocycles. The molecule has 4 rings (SSSR count). The van der Waals surface area contributed by atoms with Crippen LogP contribution in [0.25, 0.3) is 0 Å². The summed E-state index contributed by atoms with van der Waals surface area (Å²) in [5.74, 6) is 0.865. The van der Waals surface area contributed by atoms with Crippen LogP contribution in [0.2, 0.25) is 0 Å². The van der Waals surface area contributed by atoms with E-state index < -0.39 is 0 Å². The first-order chi connectivity index (χ1) is 10.3. The summed E-state index contributed by atoms with van der Waals surface area (Å²) in [5.41, 5.74) is 0. The minimum Gasteiger partial charge on any atom is -0.377 e. The number of carbonyl (C=O) groups is 1. The zero-order chi connectivity index (χ0) is 14.2. The van der Waals surface area contributed by atoms with Gasteiger partial charge in [-0.1, -0.05) is 0 Å². The van der Waals surface area contributed by atoms with E-state index in [9.17, 15) is 4.79 Å². The third-order valence-corrected chi connectivity index (χ3v) is 4.20. The Bertz CT molecular complexity index is 616. The standard InChI is InChI=1S/C13H16N6O2/c20-13(9-3-12-17-15-8-19(12)4-9)16-10-5-21-6-11(10)18-2-1-14-7-18/h1-2,7-11H,3-6H2,(H,16,20)/t9?,10-,11+/m1/s1. The largest absolute Gasteiger partial charge is 0.377 e. The number of imidazole rings is 1. The van der Waals surface area contributed by atoms with Gasteiger partial charge in [-0.25, -0.2) is 4.98 Å². The second-order valence-electron chi connectivity index (χ2n) is 5.53. The summed E-state index contributed by atoms with van der Waals surface area (Å²) < 4.78 is 9.43. The van der Waals surface area contributed by atoms with Crippen molar-refractivity contribution in [2.45, 2.75) is 25.0 Å². The summed E-state index contributed by atoms with van der Waals surface area (Å²) in [4.78, 5) is 16.5. The van der Waals surface area contributed by atoms with Gasteiger partial charge in [-0.15, -0.1) is 10.2 Å². The van der Waals surface area contributed by atoms with E-state index >= 15 is 0 Å². The highest BCUT2D eigenvalue weighted by molar-refractivity contribution is 5.79. The molecule has 1 N–H and O–H groups in total. The Labute approximate surface area is 121 Å². The summed E-state index contributed by atoms with van der Waals surface area (Å²) in [5, 5.41) is 11.0. The minimum absolute atomic E-state index is 0.0160. The number of ether oxygens (including phenoxy) is 1. The van der Waals surface area contributed by atoms with Crippen LogP contribution in [0, 0.1) is 5.92 Å². The van der Waals surface area contributed by atoms with Gasteiger partial charge in [0.2, 0.25) is 5.91 Å². The van der Waals surface area contributed by atoms with Crippen molar-refractivity contribution in [3.8, 4) is 0 Å². The number of nitrogens with one attached hydrogen (secondary N) is 1. The van der Waals surface area contributed by atoms with Crippen LogP contribution in [-0.2, 0) is 22.5 Å². The van der Waals surface area contributed by atoms with E-state index in [0.29, 0.717) is 26.2 Å². The van der Waals surface area contributed by atoms with E-state index in [2.05, 4.69) is 20.5 Å². The van der Waals surface area contributed by atoms with Crippen LogP contribution in [0.3, 0.4) is 0 Å². The normalized spacial score (nSPS) is 27.7. The maximum Gasteiger partial charge on any atom is 0.225 e. The summed E-state index contributed by atoms with van der Waals surface area (Å²) in [6.07, 6.45) is 7.72. The first-order valence-electron chi connectivity index (χ1n) is 7.03. The van der Waals surface area contributed by atoms with Crippen molar-refractivity contribution in [1.82, 2.24) is 29.6 Å². The first-order valence-corrected chi connectivity index (χ1v) is 7.03. The highest BCUT2D eigenvalue weighted by Gasteiger charge is 2.34. The third-order valence-electron chi connectivity index (χ3n) is 4.20. The van der Waals surface area contributed by atoms with Gasteiger partial charge in [0.05, 0.1) is 37.5 Å². The molecule has 0 bridgehead atoms. The fourth-order valence-electron chi connectivity index (χ4n) is 3.03. The molecule has 0 aromatic carbocycles. The zero-order valence-electron chi connectivity index (χ0n) is 11.4. The van der Waals surface area contributed by atoms with Gasteiger partial charge in [0, 0.05) is 25.4 Å². The molecule has 3 atom stereocenters. The van der Waals surface area contributed by atoms with E-state index in [0.717, 1.165) is 5.82 Å². The van der Waals surface area contributed by atoms with E-state index in [1.54, 1.807) is 18.9 Å². The SMILES string of the molecule is O=C(N[C@@H]1COC[C@@H]1n1ccnc1)C1Cc2nncn2C1. The number of amides is 1. The van der Waals surface area contributed by atoms with Crippen LogP contribution in [-0.4, -0.2) is 49.5 Å². The average molecular weight is 288 g/mol. The molecule has 2 aliphatic heterocycles.